The summed E-state index contributed by atoms with van der Waals surface area (Å²) in [5, 5.41) is 12.9. The lowest BCUT2D eigenvalue weighted by Crippen LogP contribution is -2.39. The maximum Gasteiger partial charge on any atom is 0.0494 e. The minimum atomic E-state index is 0.00401. The van der Waals surface area contributed by atoms with Crippen LogP contribution in [0.15, 0.2) is 0 Å². The summed E-state index contributed by atoms with van der Waals surface area (Å²) in [6.07, 6.45) is 3.79. The summed E-state index contributed by atoms with van der Waals surface area (Å²) in [6.45, 7) is 12.4. The van der Waals surface area contributed by atoms with Gasteiger partial charge in [0.1, 0.15) is 0 Å². The molecule has 1 aliphatic rings. The minimum absolute atomic E-state index is 0.00401. The van der Waals surface area contributed by atoms with E-state index in [1.165, 1.54) is 32.4 Å². The third-order valence-electron chi connectivity index (χ3n) is 3.79. The number of likely N-dealkylation sites (tertiary alicyclic amines) is 1. The van der Waals surface area contributed by atoms with Gasteiger partial charge in [-0.15, -0.1) is 0 Å². The van der Waals surface area contributed by atoms with Crippen LogP contribution in [-0.4, -0.2) is 48.3 Å². The molecule has 3 heteroatoms. The number of nitrogens with one attached hydrogen (secondary N) is 1. The lowest BCUT2D eigenvalue weighted by molar-refractivity contribution is 0.151. The van der Waals surface area contributed by atoms with Gasteiger partial charge < -0.3 is 15.3 Å². The monoisotopic (exact) mass is 242 g/mol. The summed E-state index contributed by atoms with van der Waals surface area (Å²) in [4.78, 5) is 2.57. The fraction of sp³-hybridized carbons (Fsp3) is 1.00. The first kappa shape index (κ1) is 14.9. The second-order valence-electron chi connectivity index (χ2n) is 6.46. The molecule has 2 N–H and O–H groups in total. The van der Waals surface area contributed by atoms with Crippen molar-refractivity contribution in [2.75, 3.05) is 26.2 Å². The Bertz CT molecular complexity index is 216. The van der Waals surface area contributed by atoms with Gasteiger partial charge in [-0.25, -0.2) is 0 Å². The molecule has 1 unspecified atom stereocenters. The van der Waals surface area contributed by atoms with Crippen molar-refractivity contribution in [2.24, 2.45) is 5.41 Å². The number of aliphatic hydroxyl groups excluding tert-OH is 1. The van der Waals surface area contributed by atoms with Crippen molar-refractivity contribution in [2.45, 2.75) is 59.0 Å². The highest BCUT2D eigenvalue weighted by atomic mass is 16.3. The molecule has 0 bridgehead atoms. The molecule has 1 aliphatic heterocycles. The average molecular weight is 242 g/mol. The topological polar surface area (TPSA) is 35.5 Å². The second kappa shape index (κ2) is 6.72. The fourth-order valence-electron chi connectivity index (χ4n) is 2.32. The number of rotatable bonds is 5. The Morgan fingerprint density at radius 2 is 2.00 bits per heavy atom. The molecule has 0 saturated carbocycles. The number of nitrogens with zero attached hydrogens (tertiary/aromatic N) is 1. The molecule has 0 radical (unpaired) electrons. The van der Waals surface area contributed by atoms with Crippen molar-refractivity contribution in [3.8, 4) is 0 Å². The molecule has 0 aromatic heterocycles. The lowest BCUT2D eigenvalue weighted by Gasteiger charge is -2.27. The molecule has 0 amide bonds. The van der Waals surface area contributed by atoms with Gasteiger partial charge >= 0.3 is 0 Å². The van der Waals surface area contributed by atoms with Gasteiger partial charge in [-0.2, -0.15) is 0 Å². The summed E-state index contributed by atoms with van der Waals surface area (Å²) in [5.41, 5.74) is 0.00401. The quantitative estimate of drug-likeness (QED) is 0.772. The third-order valence-corrected chi connectivity index (χ3v) is 3.79. The number of aliphatic hydroxyl groups is 1. The SMILES string of the molecule is CC(C)N1CCCC(NCC(C)(C)CO)CC1. The van der Waals surface area contributed by atoms with Crippen molar-refractivity contribution < 1.29 is 5.11 Å². The van der Waals surface area contributed by atoms with Crippen molar-refractivity contribution in [1.29, 1.82) is 0 Å². The summed E-state index contributed by atoms with van der Waals surface area (Å²) in [6, 6.07) is 1.30. The largest absolute Gasteiger partial charge is 0.396 e. The molecule has 0 aromatic rings. The molecule has 1 saturated heterocycles. The number of hydrogen-bond donors (Lipinski definition) is 2. The van der Waals surface area contributed by atoms with E-state index in [0.717, 1.165) is 6.54 Å². The molecule has 0 spiro atoms. The van der Waals surface area contributed by atoms with E-state index in [0.29, 0.717) is 12.1 Å². The van der Waals surface area contributed by atoms with E-state index in [-0.39, 0.29) is 12.0 Å². The van der Waals surface area contributed by atoms with Crippen LogP contribution in [0.25, 0.3) is 0 Å². The zero-order valence-corrected chi connectivity index (χ0v) is 12.0. The van der Waals surface area contributed by atoms with Gasteiger partial charge in [-0.3, -0.25) is 0 Å². The van der Waals surface area contributed by atoms with Crippen LogP contribution in [0.5, 0.6) is 0 Å². The summed E-state index contributed by atoms with van der Waals surface area (Å²) >= 11 is 0. The predicted molar refractivity (Wildman–Crippen MR) is 73.2 cm³/mol. The van der Waals surface area contributed by atoms with Gasteiger partial charge in [-0.1, -0.05) is 13.8 Å². The van der Waals surface area contributed by atoms with Crippen LogP contribution in [0.2, 0.25) is 0 Å². The summed E-state index contributed by atoms with van der Waals surface area (Å²) < 4.78 is 0. The van der Waals surface area contributed by atoms with Crippen molar-refractivity contribution >= 4 is 0 Å². The van der Waals surface area contributed by atoms with Crippen LogP contribution >= 0.6 is 0 Å². The van der Waals surface area contributed by atoms with Crippen molar-refractivity contribution in [3.63, 3.8) is 0 Å². The molecule has 1 atom stereocenters. The van der Waals surface area contributed by atoms with E-state index >= 15 is 0 Å². The van der Waals surface area contributed by atoms with E-state index in [9.17, 15) is 5.11 Å². The van der Waals surface area contributed by atoms with E-state index in [4.69, 9.17) is 0 Å². The van der Waals surface area contributed by atoms with Gasteiger partial charge in [-0.05, 0) is 46.2 Å². The summed E-state index contributed by atoms with van der Waals surface area (Å²) in [7, 11) is 0. The van der Waals surface area contributed by atoms with E-state index < -0.39 is 0 Å². The van der Waals surface area contributed by atoms with Gasteiger partial charge in [0.05, 0.1) is 0 Å². The standard InChI is InChI=1S/C14H30N2O/c1-12(2)16-8-5-6-13(7-9-16)15-10-14(3,4)11-17/h12-13,15,17H,5-11H2,1-4H3. The van der Waals surface area contributed by atoms with Gasteiger partial charge in [0.15, 0.2) is 0 Å². The molecule has 1 heterocycles. The first-order chi connectivity index (χ1) is 7.94. The zero-order valence-electron chi connectivity index (χ0n) is 12.0. The first-order valence-corrected chi connectivity index (χ1v) is 7.03. The van der Waals surface area contributed by atoms with Crippen molar-refractivity contribution in [3.05, 3.63) is 0 Å². The Balaban J connectivity index is 2.32. The maximum absolute atomic E-state index is 9.25. The van der Waals surface area contributed by atoms with E-state index in [1.807, 2.05) is 0 Å². The Kier molecular flexibility index (Phi) is 5.90. The van der Waals surface area contributed by atoms with Gasteiger partial charge in [0.2, 0.25) is 0 Å². The molecule has 0 aromatic carbocycles. The highest BCUT2D eigenvalue weighted by molar-refractivity contribution is 4.79. The molecule has 102 valence electrons. The second-order valence-corrected chi connectivity index (χ2v) is 6.46. The fourth-order valence-corrected chi connectivity index (χ4v) is 2.32. The molecule has 17 heavy (non-hydrogen) atoms. The normalized spacial score (nSPS) is 24.0. The van der Waals surface area contributed by atoms with Crippen molar-refractivity contribution in [1.82, 2.24) is 10.2 Å². The molecular formula is C14H30N2O. The minimum Gasteiger partial charge on any atom is -0.396 e. The average Bonchev–Trinajstić information content (AvgIpc) is 2.52. The van der Waals surface area contributed by atoms with Crippen LogP contribution < -0.4 is 5.32 Å². The molecule has 1 rings (SSSR count). The highest BCUT2D eigenvalue weighted by Crippen LogP contribution is 2.16. The van der Waals surface area contributed by atoms with Crippen LogP contribution in [0.1, 0.15) is 47.0 Å². The smallest absolute Gasteiger partial charge is 0.0494 e. The Morgan fingerprint density at radius 1 is 1.29 bits per heavy atom. The Hall–Kier alpha value is -0.120. The van der Waals surface area contributed by atoms with Crippen LogP contribution in [0.4, 0.5) is 0 Å². The predicted octanol–water partition coefficient (Wildman–Crippen LogP) is 1.86. The van der Waals surface area contributed by atoms with E-state index in [1.54, 1.807) is 0 Å². The molecule has 1 fully saturated rings. The highest BCUT2D eigenvalue weighted by Gasteiger charge is 2.21. The third kappa shape index (κ3) is 5.36. The lowest BCUT2D eigenvalue weighted by atomic mass is 9.94. The number of hydrogen-bond acceptors (Lipinski definition) is 3. The molecule has 0 aliphatic carbocycles. The van der Waals surface area contributed by atoms with Crippen LogP contribution in [0, 0.1) is 5.41 Å². The van der Waals surface area contributed by atoms with Gasteiger partial charge in [0.25, 0.3) is 0 Å². The van der Waals surface area contributed by atoms with Crippen LogP contribution in [-0.2, 0) is 0 Å². The van der Waals surface area contributed by atoms with E-state index in [2.05, 4.69) is 37.9 Å². The Morgan fingerprint density at radius 3 is 2.59 bits per heavy atom. The van der Waals surface area contributed by atoms with Crippen LogP contribution in [0.3, 0.4) is 0 Å². The summed E-state index contributed by atoms with van der Waals surface area (Å²) in [5.74, 6) is 0. The van der Waals surface area contributed by atoms with Gasteiger partial charge in [0, 0.05) is 30.7 Å². The Labute approximate surface area is 107 Å². The maximum atomic E-state index is 9.25. The molecular weight excluding hydrogens is 212 g/mol. The zero-order chi connectivity index (χ0) is 12.9. The first-order valence-electron chi connectivity index (χ1n) is 7.03. The molecule has 3 nitrogen and oxygen atoms in total.